The van der Waals surface area contributed by atoms with E-state index in [9.17, 15) is 18.0 Å². The van der Waals surface area contributed by atoms with Crippen LogP contribution in [-0.4, -0.2) is 20.4 Å². The minimum Gasteiger partial charge on any atom is -0.326 e. The second-order valence-electron chi connectivity index (χ2n) is 11.4. The maximum absolute atomic E-state index is 12.7. The molecule has 3 amide bonds. The Hall–Kier alpha value is -3.39. The van der Waals surface area contributed by atoms with Crippen molar-refractivity contribution in [2.24, 2.45) is 0 Å². The van der Waals surface area contributed by atoms with E-state index in [1.807, 2.05) is 29.0 Å². The minimum atomic E-state index is -4.04. The van der Waals surface area contributed by atoms with E-state index in [2.05, 4.69) is 17.6 Å². The molecule has 0 aliphatic carbocycles. The fourth-order valence-electron chi connectivity index (χ4n) is 5.19. The highest BCUT2D eigenvalue weighted by Crippen LogP contribution is 2.20. The first-order chi connectivity index (χ1) is 20.9. The SMILES string of the molecule is CCCCCCCCCCCCCCCCCC(=O)Nc1ccc(NC(=O)NS(=O)(=O)c2ccc3ccccc3c2)cc1. The monoisotopic (exact) mass is 607 g/mol. The van der Waals surface area contributed by atoms with Gasteiger partial charge in [-0.05, 0) is 53.6 Å². The average Bonchev–Trinajstić information content (AvgIpc) is 2.99. The molecule has 3 aromatic rings. The van der Waals surface area contributed by atoms with Crippen LogP contribution in [0.15, 0.2) is 71.6 Å². The van der Waals surface area contributed by atoms with Gasteiger partial charge >= 0.3 is 6.03 Å². The summed E-state index contributed by atoms with van der Waals surface area (Å²) >= 11 is 0. The molecule has 8 heteroatoms. The van der Waals surface area contributed by atoms with Crippen molar-refractivity contribution in [2.45, 2.75) is 115 Å². The van der Waals surface area contributed by atoms with Crippen molar-refractivity contribution in [3.05, 3.63) is 66.7 Å². The van der Waals surface area contributed by atoms with Crippen LogP contribution in [0.2, 0.25) is 0 Å². The zero-order valence-corrected chi connectivity index (χ0v) is 26.5. The summed E-state index contributed by atoms with van der Waals surface area (Å²) in [6.45, 7) is 2.26. The van der Waals surface area contributed by atoms with Crippen molar-refractivity contribution in [1.29, 1.82) is 0 Å². The van der Waals surface area contributed by atoms with Gasteiger partial charge < -0.3 is 10.6 Å². The lowest BCUT2D eigenvalue weighted by atomic mass is 10.0. The van der Waals surface area contributed by atoms with Gasteiger partial charge in [-0.15, -0.1) is 0 Å². The van der Waals surface area contributed by atoms with Crippen LogP contribution in [0.3, 0.4) is 0 Å². The molecule has 0 radical (unpaired) electrons. The van der Waals surface area contributed by atoms with Crippen molar-refractivity contribution in [3.8, 4) is 0 Å². The molecule has 0 bridgehead atoms. The van der Waals surface area contributed by atoms with Gasteiger partial charge in [0.05, 0.1) is 4.90 Å². The highest BCUT2D eigenvalue weighted by Gasteiger charge is 2.18. The molecule has 0 aromatic heterocycles. The number of hydrogen-bond donors (Lipinski definition) is 3. The van der Waals surface area contributed by atoms with E-state index in [-0.39, 0.29) is 10.8 Å². The molecule has 0 heterocycles. The predicted molar refractivity (Wildman–Crippen MR) is 178 cm³/mol. The fraction of sp³-hybridized carbons (Fsp3) is 0.486. The Kier molecular flexibility index (Phi) is 15.1. The number of rotatable bonds is 20. The molecule has 3 N–H and O–H groups in total. The molecule has 3 rings (SSSR count). The number of unbranched alkanes of at least 4 members (excludes halogenated alkanes) is 14. The van der Waals surface area contributed by atoms with Crippen LogP contribution in [0.1, 0.15) is 110 Å². The highest BCUT2D eigenvalue weighted by atomic mass is 32.2. The van der Waals surface area contributed by atoms with E-state index in [4.69, 9.17) is 0 Å². The lowest BCUT2D eigenvalue weighted by Gasteiger charge is -2.10. The van der Waals surface area contributed by atoms with Gasteiger partial charge in [0, 0.05) is 17.8 Å². The highest BCUT2D eigenvalue weighted by molar-refractivity contribution is 7.90. The van der Waals surface area contributed by atoms with Gasteiger partial charge in [0.15, 0.2) is 0 Å². The van der Waals surface area contributed by atoms with Crippen LogP contribution in [0.4, 0.5) is 16.2 Å². The number of benzene rings is 3. The van der Waals surface area contributed by atoms with Crippen LogP contribution >= 0.6 is 0 Å². The summed E-state index contributed by atoms with van der Waals surface area (Å²) in [7, 11) is -4.04. The standard InChI is InChI=1S/C35H49N3O4S/c1-2-3-4-5-6-7-8-9-10-11-12-13-14-15-16-21-34(39)36-31-23-25-32(26-24-31)37-35(40)38-43(41,42)33-27-22-29-19-17-18-20-30(29)28-33/h17-20,22-28H,2-16,21H2,1H3,(H,36,39)(H2,37,38,40). The van der Waals surface area contributed by atoms with E-state index in [1.165, 1.54) is 95.6 Å². The second kappa shape index (κ2) is 19.0. The van der Waals surface area contributed by atoms with Gasteiger partial charge in [-0.25, -0.2) is 17.9 Å². The van der Waals surface area contributed by atoms with E-state index in [0.29, 0.717) is 17.8 Å². The molecule has 43 heavy (non-hydrogen) atoms. The van der Waals surface area contributed by atoms with Crippen molar-refractivity contribution in [1.82, 2.24) is 4.72 Å². The van der Waals surface area contributed by atoms with Crippen LogP contribution < -0.4 is 15.4 Å². The molecule has 0 aliphatic rings. The van der Waals surface area contributed by atoms with Crippen molar-refractivity contribution in [3.63, 3.8) is 0 Å². The Balaban J connectivity index is 1.24. The molecule has 0 atom stereocenters. The van der Waals surface area contributed by atoms with Crippen LogP contribution in [0.25, 0.3) is 10.8 Å². The molecule has 3 aromatic carbocycles. The molecule has 0 spiro atoms. The molecule has 0 aliphatic heterocycles. The number of carbonyl (C=O) groups excluding carboxylic acids is 2. The number of nitrogens with one attached hydrogen (secondary N) is 3. The van der Waals surface area contributed by atoms with Crippen LogP contribution in [0.5, 0.6) is 0 Å². The van der Waals surface area contributed by atoms with E-state index in [0.717, 1.165) is 23.6 Å². The number of fused-ring (bicyclic) bond motifs is 1. The number of carbonyl (C=O) groups is 2. The first-order valence-electron chi connectivity index (χ1n) is 16.1. The Morgan fingerprint density at radius 1 is 0.581 bits per heavy atom. The Bertz CT molecular complexity index is 1370. The lowest BCUT2D eigenvalue weighted by Crippen LogP contribution is -2.34. The van der Waals surface area contributed by atoms with Crippen molar-refractivity contribution < 1.29 is 18.0 Å². The van der Waals surface area contributed by atoms with Crippen molar-refractivity contribution >= 4 is 44.1 Å². The second-order valence-corrected chi connectivity index (χ2v) is 13.1. The fourth-order valence-corrected chi connectivity index (χ4v) is 6.13. The lowest BCUT2D eigenvalue weighted by molar-refractivity contribution is -0.116. The Labute approximate surface area is 258 Å². The average molecular weight is 608 g/mol. The molecule has 7 nitrogen and oxygen atoms in total. The largest absolute Gasteiger partial charge is 0.333 e. The summed E-state index contributed by atoms with van der Waals surface area (Å²) in [5.41, 5.74) is 1.03. The summed E-state index contributed by atoms with van der Waals surface area (Å²) in [6, 6.07) is 17.8. The summed E-state index contributed by atoms with van der Waals surface area (Å²) in [4.78, 5) is 24.7. The molecular weight excluding hydrogens is 558 g/mol. The predicted octanol–water partition coefficient (Wildman–Crippen LogP) is 9.55. The quantitative estimate of drug-likeness (QED) is 0.111. The first kappa shape index (κ1) is 34.1. The normalized spacial score (nSPS) is 11.4. The maximum atomic E-state index is 12.7. The first-order valence-corrected chi connectivity index (χ1v) is 17.6. The third kappa shape index (κ3) is 13.2. The van der Waals surface area contributed by atoms with Gasteiger partial charge in [-0.1, -0.05) is 127 Å². The van der Waals surface area contributed by atoms with E-state index in [1.54, 1.807) is 30.3 Å². The van der Waals surface area contributed by atoms with Gasteiger partial charge in [0.1, 0.15) is 0 Å². The van der Waals surface area contributed by atoms with Gasteiger partial charge in [0.25, 0.3) is 10.0 Å². The molecule has 234 valence electrons. The molecule has 0 saturated heterocycles. The van der Waals surface area contributed by atoms with Crippen LogP contribution in [0, 0.1) is 0 Å². The summed E-state index contributed by atoms with van der Waals surface area (Å²) in [5.74, 6) is -0.0328. The number of urea groups is 1. The maximum Gasteiger partial charge on any atom is 0.333 e. The minimum absolute atomic E-state index is 0.00787. The number of hydrogen-bond acceptors (Lipinski definition) is 4. The number of sulfonamides is 1. The summed E-state index contributed by atoms with van der Waals surface area (Å²) in [6.07, 6.45) is 19.8. The zero-order valence-electron chi connectivity index (χ0n) is 25.7. The van der Waals surface area contributed by atoms with Crippen LogP contribution in [-0.2, 0) is 14.8 Å². The van der Waals surface area contributed by atoms with Gasteiger partial charge in [-0.2, -0.15) is 0 Å². The number of anilines is 2. The Morgan fingerprint density at radius 3 is 1.63 bits per heavy atom. The van der Waals surface area contributed by atoms with E-state index < -0.39 is 16.1 Å². The topological polar surface area (TPSA) is 104 Å². The molecular formula is C35H49N3O4S. The van der Waals surface area contributed by atoms with Gasteiger partial charge in [-0.3, -0.25) is 4.79 Å². The summed E-state index contributed by atoms with van der Waals surface area (Å²) < 4.78 is 27.4. The molecule has 0 unspecified atom stereocenters. The third-order valence-corrected chi connectivity index (χ3v) is 9.02. The molecule has 0 saturated carbocycles. The van der Waals surface area contributed by atoms with Crippen molar-refractivity contribution in [2.75, 3.05) is 10.6 Å². The van der Waals surface area contributed by atoms with Gasteiger partial charge in [0.2, 0.25) is 5.91 Å². The molecule has 0 fully saturated rings. The zero-order chi connectivity index (χ0) is 30.8. The smallest absolute Gasteiger partial charge is 0.326 e. The summed E-state index contributed by atoms with van der Waals surface area (Å²) in [5, 5.41) is 7.09. The third-order valence-electron chi connectivity index (χ3n) is 7.69. The van der Waals surface area contributed by atoms with E-state index >= 15 is 0 Å². The Morgan fingerprint density at radius 2 is 1.07 bits per heavy atom. The number of amides is 3.